The lowest BCUT2D eigenvalue weighted by Gasteiger charge is -2.19. The molecule has 0 amide bonds. The quantitative estimate of drug-likeness (QED) is 0.402. The molecule has 1 aliphatic carbocycles. The van der Waals surface area contributed by atoms with Gasteiger partial charge in [0.2, 0.25) is 0 Å². The van der Waals surface area contributed by atoms with E-state index in [4.69, 9.17) is 9.47 Å². The Balaban J connectivity index is 1.33. The van der Waals surface area contributed by atoms with Gasteiger partial charge >= 0.3 is 0 Å². The van der Waals surface area contributed by atoms with Gasteiger partial charge in [0.25, 0.3) is 0 Å². The van der Waals surface area contributed by atoms with Gasteiger partial charge in [-0.25, -0.2) is 4.39 Å². The minimum absolute atomic E-state index is 0.0899. The monoisotopic (exact) mass is 363 g/mol. The highest BCUT2D eigenvalue weighted by molar-refractivity contribution is 5.79. The Kier molecular flexibility index (Phi) is 6.86. The minimum atomic E-state index is -0.113. The predicted octanol–water partition coefficient (Wildman–Crippen LogP) is 2.61. The van der Waals surface area contributed by atoms with Crippen molar-refractivity contribution in [3.63, 3.8) is 0 Å². The van der Waals surface area contributed by atoms with E-state index in [9.17, 15) is 4.39 Å². The molecule has 0 spiro atoms. The number of ether oxygens (including phenoxy) is 2. The normalized spacial score (nSPS) is 21.6. The topological polar surface area (TPSA) is 54.9 Å². The second-order valence-corrected chi connectivity index (χ2v) is 7.18. The fourth-order valence-electron chi connectivity index (χ4n) is 3.43. The van der Waals surface area contributed by atoms with E-state index in [1.54, 1.807) is 19.2 Å². The highest BCUT2D eigenvalue weighted by Gasteiger charge is 2.45. The third kappa shape index (κ3) is 5.17. The molecule has 1 aromatic carbocycles. The summed E-state index contributed by atoms with van der Waals surface area (Å²) in [6.07, 6.45) is 5.46. The SMILES string of the molecule is CN=C(NCCCOCC1CCCO1)NCC1(c2ccccc2F)CC1. The first-order valence-electron chi connectivity index (χ1n) is 9.62. The largest absolute Gasteiger partial charge is 0.379 e. The number of nitrogens with zero attached hydrogens (tertiary/aromatic N) is 1. The summed E-state index contributed by atoms with van der Waals surface area (Å²) in [5.74, 6) is 0.643. The van der Waals surface area contributed by atoms with Crippen LogP contribution >= 0.6 is 0 Å². The van der Waals surface area contributed by atoms with Gasteiger partial charge in [0.15, 0.2) is 5.96 Å². The van der Waals surface area contributed by atoms with Crippen molar-refractivity contribution in [3.05, 3.63) is 35.6 Å². The Labute approximate surface area is 155 Å². The van der Waals surface area contributed by atoms with Crippen molar-refractivity contribution in [1.82, 2.24) is 10.6 Å². The molecule has 1 saturated heterocycles. The Bertz CT molecular complexity index is 598. The van der Waals surface area contributed by atoms with E-state index in [-0.39, 0.29) is 17.3 Å². The molecule has 144 valence electrons. The molecule has 5 nitrogen and oxygen atoms in total. The molecule has 1 heterocycles. The molecule has 1 aliphatic heterocycles. The first-order chi connectivity index (χ1) is 12.7. The molecule has 1 aromatic rings. The van der Waals surface area contributed by atoms with Crippen LogP contribution in [0.15, 0.2) is 29.3 Å². The van der Waals surface area contributed by atoms with Crippen LogP contribution in [0, 0.1) is 5.82 Å². The van der Waals surface area contributed by atoms with Crippen molar-refractivity contribution in [2.75, 3.05) is 40.0 Å². The lowest BCUT2D eigenvalue weighted by molar-refractivity contribution is 0.0168. The average molecular weight is 363 g/mol. The van der Waals surface area contributed by atoms with E-state index in [1.165, 1.54) is 0 Å². The van der Waals surface area contributed by atoms with Crippen molar-refractivity contribution in [1.29, 1.82) is 0 Å². The van der Waals surface area contributed by atoms with Crippen LogP contribution in [-0.4, -0.2) is 52.0 Å². The molecular weight excluding hydrogens is 333 g/mol. The summed E-state index contributed by atoms with van der Waals surface area (Å²) in [6.45, 7) is 3.76. The van der Waals surface area contributed by atoms with Crippen LogP contribution in [0.1, 0.15) is 37.7 Å². The summed E-state index contributed by atoms with van der Waals surface area (Å²) in [4.78, 5) is 4.26. The molecule has 2 aliphatic rings. The minimum Gasteiger partial charge on any atom is -0.379 e. The second-order valence-electron chi connectivity index (χ2n) is 7.18. The lowest BCUT2D eigenvalue weighted by atomic mass is 9.95. The van der Waals surface area contributed by atoms with Crippen molar-refractivity contribution in [3.8, 4) is 0 Å². The van der Waals surface area contributed by atoms with Crippen LogP contribution in [0.4, 0.5) is 4.39 Å². The zero-order valence-electron chi connectivity index (χ0n) is 15.6. The molecule has 1 unspecified atom stereocenters. The molecule has 3 rings (SSSR count). The maximum Gasteiger partial charge on any atom is 0.191 e. The number of halogens is 1. The van der Waals surface area contributed by atoms with Gasteiger partial charge in [-0.1, -0.05) is 18.2 Å². The maximum absolute atomic E-state index is 14.1. The summed E-state index contributed by atoms with van der Waals surface area (Å²) in [6, 6.07) is 7.08. The number of nitrogens with one attached hydrogen (secondary N) is 2. The van der Waals surface area contributed by atoms with Gasteiger partial charge in [0, 0.05) is 38.8 Å². The Morgan fingerprint density at radius 2 is 2.19 bits per heavy atom. The molecular formula is C20H30FN3O2. The molecule has 2 fully saturated rings. The van der Waals surface area contributed by atoms with Gasteiger partial charge in [-0.05, 0) is 43.7 Å². The van der Waals surface area contributed by atoms with Gasteiger partial charge in [-0.3, -0.25) is 4.99 Å². The van der Waals surface area contributed by atoms with E-state index < -0.39 is 0 Å². The number of guanidine groups is 1. The average Bonchev–Trinajstić information content (AvgIpc) is 3.26. The van der Waals surface area contributed by atoms with E-state index >= 15 is 0 Å². The van der Waals surface area contributed by atoms with Crippen molar-refractivity contribution in [2.24, 2.45) is 4.99 Å². The Morgan fingerprint density at radius 3 is 2.88 bits per heavy atom. The van der Waals surface area contributed by atoms with Crippen LogP contribution in [0.2, 0.25) is 0 Å². The first kappa shape index (κ1) is 19.1. The van der Waals surface area contributed by atoms with Gasteiger partial charge < -0.3 is 20.1 Å². The smallest absolute Gasteiger partial charge is 0.191 e. The third-order valence-electron chi connectivity index (χ3n) is 5.20. The van der Waals surface area contributed by atoms with E-state index in [1.807, 2.05) is 12.1 Å². The molecule has 0 aromatic heterocycles. The third-order valence-corrected chi connectivity index (χ3v) is 5.20. The predicted molar refractivity (Wildman–Crippen MR) is 101 cm³/mol. The molecule has 2 N–H and O–H groups in total. The lowest BCUT2D eigenvalue weighted by Crippen LogP contribution is -2.42. The molecule has 6 heteroatoms. The number of rotatable bonds is 9. The highest BCUT2D eigenvalue weighted by Crippen LogP contribution is 2.48. The summed E-state index contributed by atoms with van der Waals surface area (Å²) in [5.41, 5.74) is 0.721. The molecule has 0 bridgehead atoms. The Morgan fingerprint density at radius 1 is 1.35 bits per heavy atom. The van der Waals surface area contributed by atoms with Crippen LogP contribution in [-0.2, 0) is 14.9 Å². The highest BCUT2D eigenvalue weighted by atomic mass is 19.1. The van der Waals surface area contributed by atoms with Crippen LogP contribution < -0.4 is 10.6 Å². The Hall–Kier alpha value is -1.66. The van der Waals surface area contributed by atoms with E-state index in [0.717, 1.165) is 56.8 Å². The number of aliphatic imine (C=N–C) groups is 1. The molecule has 1 saturated carbocycles. The van der Waals surface area contributed by atoms with E-state index in [2.05, 4.69) is 15.6 Å². The van der Waals surface area contributed by atoms with E-state index in [0.29, 0.717) is 19.8 Å². The number of hydrogen-bond donors (Lipinski definition) is 2. The fraction of sp³-hybridized carbons (Fsp3) is 0.650. The molecule has 1 atom stereocenters. The standard InChI is InChI=1S/C20H30FN3O2/c1-22-19(23-11-5-12-25-14-16-6-4-13-26-16)24-15-20(9-10-20)17-7-2-3-8-18(17)21/h2-3,7-8,16H,4-6,9-15H2,1H3,(H2,22,23,24). The van der Waals surface area contributed by atoms with Crippen LogP contribution in [0.5, 0.6) is 0 Å². The van der Waals surface area contributed by atoms with Crippen molar-refractivity contribution >= 4 is 5.96 Å². The van der Waals surface area contributed by atoms with Gasteiger partial charge in [0.05, 0.1) is 12.7 Å². The summed E-state index contributed by atoms with van der Waals surface area (Å²) in [7, 11) is 1.76. The van der Waals surface area contributed by atoms with Gasteiger partial charge in [0.1, 0.15) is 5.82 Å². The first-order valence-corrected chi connectivity index (χ1v) is 9.62. The van der Waals surface area contributed by atoms with Crippen molar-refractivity contribution < 1.29 is 13.9 Å². The fourth-order valence-corrected chi connectivity index (χ4v) is 3.43. The van der Waals surface area contributed by atoms with Crippen LogP contribution in [0.25, 0.3) is 0 Å². The van der Waals surface area contributed by atoms with Gasteiger partial charge in [-0.2, -0.15) is 0 Å². The van der Waals surface area contributed by atoms with Crippen LogP contribution in [0.3, 0.4) is 0 Å². The maximum atomic E-state index is 14.1. The van der Waals surface area contributed by atoms with Crippen molar-refractivity contribution in [2.45, 2.75) is 43.6 Å². The molecule has 26 heavy (non-hydrogen) atoms. The second kappa shape index (κ2) is 9.33. The number of hydrogen-bond acceptors (Lipinski definition) is 3. The zero-order chi connectivity index (χ0) is 18.2. The summed E-state index contributed by atoms with van der Waals surface area (Å²) in [5, 5.41) is 6.64. The number of benzene rings is 1. The zero-order valence-corrected chi connectivity index (χ0v) is 15.6. The van der Waals surface area contributed by atoms with Gasteiger partial charge in [-0.15, -0.1) is 0 Å². The molecule has 0 radical (unpaired) electrons. The summed E-state index contributed by atoms with van der Waals surface area (Å²) < 4.78 is 25.3. The summed E-state index contributed by atoms with van der Waals surface area (Å²) >= 11 is 0.